The number of alkyl halides is 3. The van der Waals surface area contributed by atoms with E-state index in [0.717, 1.165) is 23.5 Å². The van der Waals surface area contributed by atoms with E-state index in [2.05, 4.69) is 25.3 Å². The fraction of sp³-hybridized carbons (Fsp3) is 0.150. The standard InChI is InChI=1S/C20H17BF3N5O4/c1-25-17-9-26-28-16-5-11(3-4-13(16)17)14-6-15(21(30)31)19(32-2)7-18(14)29-10-12(8-27-29)33-20(22,23)24/h3-10,30-31H,1-2H3,(H,25,28). The molecular formula is C20H17BF3N5O4. The number of hydrogen-bond donors (Lipinski definition) is 3. The van der Waals surface area contributed by atoms with E-state index in [1.165, 1.54) is 23.9 Å². The lowest BCUT2D eigenvalue weighted by Crippen LogP contribution is -2.31. The second kappa shape index (κ2) is 8.60. The highest BCUT2D eigenvalue weighted by atomic mass is 19.4. The summed E-state index contributed by atoms with van der Waals surface area (Å²) in [6.45, 7) is 0. The van der Waals surface area contributed by atoms with Crippen molar-refractivity contribution < 1.29 is 32.7 Å². The van der Waals surface area contributed by atoms with E-state index in [1.807, 2.05) is 0 Å². The number of hydrogen-bond acceptors (Lipinski definition) is 8. The largest absolute Gasteiger partial charge is 0.573 e. The normalized spacial score (nSPS) is 11.5. The summed E-state index contributed by atoms with van der Waals surface area (Å²) >= 11 is 0. The first-order chi connectivity index (χ1) is 15.7. The van der Waals surface area contributed by atoms with Gasteiger partial charge in [-0.15, -0.1) is 13.2 Å². The highest BCUT2D eigenvalue weighted by molar-refractivity contribution is 6.60. The van der Waals surface area contributed by atoms with E-state index in [9.17, 15) is 23.2 Å². The van der Waals surface area contributed by atoms with Gasteiger partial charge in [0.1, 0.15) is 5.75 Å². The van der Waals surface area contributed by atoms with Crippen molar-refractivity contribution in [2.24, 2.45) is 0 Å². The Kier molecular flexibility index (Phi) is 5.83. The van der Waals surface area contributed by atoms with Gasteiger partial charge >= 0.3 is 13.5 Å². The number of halogens is 3. The molecule has 0 radical (unpaired) electrons. The Hall–Kier alpha value is -3.84. The molecule has 33 heavy (non-hydrogen) atoms. The number of benzene rings is 2. The molecule has 3 N–H and O–H groups in total. The van der Waals surface area contributed by atoms with Crippen molar-refractivity contribution >= 4 is 29.2 Å². The maximum absolute atomic E-state index is 12.6. The van der Waals surface area contributed by atoms with Crippen molar-refractivity contribution in [2.45, 2.75) is 6.36 Å². The molecule has 0 atom stereocenters. The summed E-state index contributed by atoms with van der Waals surface area (Å²) in [7, 11) is 1.22. The molecule has 2 aromatic carbocycles. The monoisotopic (exact) mass is 459 g/mol. The lowest BCUT2D eigenvalue weighted by molar-refractivity contribution is -0.274. The Labute approximate surface area is 185 Å². The molecule has 2 aromatic heterocycles. The van der Waals surface area contributed by atoms with Crippen LogP contribution in [0.5, 0.6) is 11.5 Å². The van der Waals surface area contributed by atoms with Gasteiger partial charge in [0.15, 0.2) is 5.75 Å². The molecule has 4 aromatic rings. The zero-order valence-corrected chi connectivity index (χ0v) is 17.3. The Balaban J connectivity index is 1.91. The third kappa shape index (κ3) is 4.54. The van der Waals surface area contributed by atoms with Gasteiger partial charge in [-0.05, 0) is 23.8 Å². The Morgan fingerprint density at radius 1 is 1.12 bits per heavy atom. The number of aromatic nitrogens is 4. The van der Waals surface area contributed by atoms with Gasteiger partial charge in [0.05, 0.1) is 42.6 Å². The lowest BCUT2D eigenvalue weighted by atomic mass is 9.77. The molecule has 170 valence electrons. The number of rotatable bonds is 6. The third-order valence-electron chi connectivity index (χ3n) is 4.89. The number of methoxy groups -OCH3 is 1. The highest BCUT2D eigenvalue weighted by Gasteiger charge is 2.32. The van der Waals surface area contributed by atoms with Gasteiger partial charge in [-0.2, -0.15) is 15.3 Å². The first-order valence-corrected chi connectivity index (χ1v) is 9.52. The summed E-state index contributed by atoms with van der Waals surface area (Å²) < 4.78 is 48.2. The minimum Gasteiger partial charge on any atom is -0.497 e. The second-order valence-electron chi connectivity index (χ2n) is 6.89. The van der Waals surface area contributed by atoms with E-state index in [4.69, 9.17) is 4.74 Å². The van der Waals surface area contributed by atoms with E-state index >= 15 is 0 Å². The van der Waals surface area contributed by atoms with Crippen LogP contribution in [0.25, 0.3) is 27.7 Å². The average Bonchev–Trinajstić information content (AvgIpc) is 3.23. The van der Waals surface area contributed by atoms with Crippen LogP contribution in [0.3, 0.4) is 0 Å². The van der Waals surface area contributed by atoms with Crippen LogP contribution in [-0.4, -0.2) is 57.7 Å². The van der Waals surface area contributed by atoms with Crippen LogP contribution in [0.4, 0.5) is 18.9 Å². The van der Waals surface area contributed by atoms with E-state index in [0.29, 0.717) is 22.3 Å². The average molecular weight is 459 g/mol. The van der Waals surface area contributed by atoms with E-state index in [1.54, 1.807) is 31.4 Å². The number of nitrogens with zero attached hydrogens (tertiary/aromatic N) is 4. The summed E-state index contributed by atoms with van der Waals surface area (Å²) in [5.74, 6) is -0.405. The molecule has 0 spiro atoms. The first kappa shape index (κ1) is 22.4. The Bertz CT molecular complexity index is 1310. The predicted octanol–water partition coefficient (Wildman–Crippen LogP) is 2.11. The van der Waals surface area contributed by atoms with Gasteiger partial charge < -0.3 is 24.8 Å². The molecule has 0 bridgehead atoms. The molecule has 2 heterocycles. The van der Waals surface area contributed by atoms with Gasteiger partial charge in [-0.1, -0.05) is 6.07 Å². The topological polar surface area (TPSA) is 115 Å². The van der Waals surface area contributed by atoms with Crippen molar-refractivity contribution in [3.8, 4) is 28.3 Å². The van der Waals surface area contributed by atoms with E-state index in [-0.39, 0.29) is 11.2 Å². The summed E-state index contributed by atoms with van der Waals surface area (Å²) in [5.41, 5.74) is 2.69. The molecular weight excluding hydrogens is 442 g/mol. The van der Waals surface area contributed by atoms with Crippen LogP contribution in [0.15, 0.2) is 48.9 Å². The first-order valence-electron chi connectivity index (χ1n) is 9.52. The summed E-state index contributed by atoms with van der Waals surface area (Å²) in [4.78, 5) is 0. The van der Waals surface area contributed by atoms with Gasteiger partial charge in [0, 0.05) is 29.5 Å². The molecule has 0 fully saturated rings. The minimum atomic E-state index is -4.87. The summed E-state index contributed by atoms with van der Waals surface area (Å²) in [6.07, 6.45) is -1.32. The molecule has 0 amide bonds. The van der Waals surface area contributed by atoms with Crippen LogP contribution < -0.4 is 20.3 Å². The molecule has 9 nitrogen and oxygen atoms in total. The Morgan fingerprint density at radius 2 is 1.91 bits per heavy atom. The maximum atomic E-state index is 12.6. The van der Waals surface area contributed by atoms with Crippen molar-refractivity contribution in [1.82, 2.24) is 20.0 Å². The summed E-state index contributed by atoms with van der Waals surface area (Å²) in [6, 6.07) is 8.18. The van der Waals surface area contributed by atoms with Crippen LogP contribution in [0.2, 0.25) is 0 Å². The van der Waals surface area contributed by atoms with Gasteiger partial charge in [-0.25, -0.2) is 4.68 Å². The second-order valence-corrected chi connectivity index (χ2v) is 6.89. The van der Waals surface area contributed by atoms with Crippen LogP contribution in [-0.2, 0) is 0 Å². The smallest absolute Gasteiger partial charge is 0.497 e. The fourth-order valence-corrected chi connectivity index (χ4v) is 3.44. The Morgan fingerprint density at radius 3 is 2.58 bits per heavy atom. The molecule has 4 rings (SSSR count). The quantitative estimate of drug-likeness (QED) is 0.376. The number of fused-ring (bicyclic) bond motifs is 1. The van der Waals surface area contributed by atoms with Crippen molar-refractivity contribution in [3.63, 3.8) is 0 Å². The summed E-state index contributed by atoms with van der Waals surface area (Å²) in [5, 5.41) is 35.5. The minimum absolute atomic E-state index is 0.0605. The van der Waals surface area contributed by atoms with Crippen LogP contribution in [0, 0.1) is 0 Å². The third-order valence-corrected chi connectivity index (χ3v) is 4.89. The molecule has 13 heteroatoms. The van der Waals surface area contributed by atoms with E-state index < -0.39 is 19.2 Å². The van der Waals surface area contributed by atoms with Crippen molar-refractivity contribution in [2.75, 3.05) is 19.5 Å². The maximum Gasteiger partial charge on any atom is 0.573 e. The van der Waals surface area contributed by atoms with Crippen molar-refractivity contribution in [3.05, 3.63) is 48.9 Å². The SMILES string of the molecule is CNc1cnnc2cc(-c3cc(B(O)O)c(OC)cc3-n3cc(OC(F)(F)F)cn3)ccc12. The number of nitrogens with one attached hydrogen (secondary N) is 1. The molecule has 0 aliphatic rings. The number of anilines is 1. The molecule has 0 saturated carbocycles. The predicted molar refractivity (Wildman–Crippen MR) is 115 cm³/mol. The lowest BCUT2D eigenvalue weighted by Gasteiger charge is -2.16. The number of ether oxygens (including phenoxy) is 2. The highest BCUT2D eigenvalue weighted by Crippen LogP contribution is 2.33. The van der Waals surface area contributed by atoms with Gasteiger partial charge in [-0.3, -0.25) is 0 Å². The zero-order chi connectivity index (χ0) is 23.8. The fourth-order valence-electron chi connectivity index (χ4n) is 3.44. The zero-order valence-electron chi connectivity index (χ0n) is 17.3. The van der Waals surface area contributed by atoms with Gasteiger partial charge in [0.25, 0.3) is 0 Å². The van der Waals surface area contributed by atoms with Crippen molar-refractivity contribution in [1.29, 1.82) is 0 Å². The molecule has 0 unspecified atom stereocenters. The molecule has 0 saturated heterocycles. The van der Waals surface area contributed by atoms with Crippen LogP contribution in [0.1, 0.15) is 0 Å². The van der Waals surface area contributed by atoms with Crippen LogP contribution >= 0.6 is 0 Å². The molecule has 0 aliphatic heterocycles. The molecule has 0 aliphatic carbocycles. The van der Waals surface area contributed by atoms with Gasteiger partial charge in [0.2, 0.25) is 0 Å².